The molecule has 3 aromatic rings. The fourth-order valence-corrected chi connectivity index (χ4v) is 4.18. The van der Waals surface area contributed by atoms with E-state index in [9.17, 15) is 0 Å². The number of aromatic nitrogens is 3. The van der Waals surface area contributed by atoms with Crippen molar-refractivity contribution in [2.45, 2.75) is 18.9 Å². The minimum atomic E-state index is 0.651. The number of anilines is 1. The molecule has 2 aliphatic heterocycles. The van der Waals surface area contributed by atoms with Crippen LogP contribution in [0.5, 0.6) is 0 Å². The highest BCUT2D eigenvalue weighted by Crippen LogP contribution is 2.28. The molecule has 0 saturated carbocycles. The quantitative estimate of drug-likeness (QED) is 0.722. The summed E-state index contributed by atoms with van der Waals surface area (Å²) in [5.41, 5.74) is 2.02. The lowest BCUT2D eigenvalue weighted by molar-refractivity contribution is 0.229. The van der Waals surface area contributed by atoms with Crippen LogP contribution in [-0.4, -0.2) is 52.3 Å². The smallest absolute Gasteiger partial charge is 0.246 e. The predicted molar refractivity (Wildman–Crippen MR) is 99.6 cm³/mol. The molecule has 5 heteroatoms. The maximum absolute atomic E-state index is 4.86. The lowest BCUT2D eigenvalue weighted by Gasteiger charge is -2.37. The van der Waals surface area contributed by atoms with Gasteiger partial charge in [-0.3, -0.25) is 4.90 Å². The van der Waals surface area contributed by atoms with Crippen molar-refractivity contribution in [2.75, 3.05) is 31.1 Å². The average molecular weight is 331 g/mol. The Kier molecular flexibility index (Phi) is 3.59. The molecule has 5 nitrogen and oxygen atoms in total. The van der Waals surface area contributed by atoms with Gasteiger partial charge in [-0.25, -0.2) is 4.98 Å². The molecule has 1 aromatic heterocycles. The van der Waals surface area contributed by atoms with Gasteiger partial charge in [0.05, 0.1) is 11.9 Å². The molecule has 2 aliphatic rings. The van der Waals surface area contributed by atoms with Gasteiger partial charge in [0.1, 0.15) is 0 Å². The second-order valence-electron chi connectivity index (χ2n) is 6.95. The van der Waals surface area contributed by atoms with E-state index in [1.54, 1.807) is 6.20 Å². The molecule has 5 rings (SSSR count). The first-order valence-corrected chi connectivity index (χ1v) is 9.05. The molecule has 0 bridgehead atoms. The number of fused-ring (bicyclic) bond motifs is 2. The summed E-state index contributed by atoms with van der Waals surface area (Å²) in [6, 6.07) is 15.4. The highest BCUT2D eigenvalue weighted by atomic mass is 15.4. The predicted octanol–water partition coefficient (Wildman–Crippen LogP) is 2.98. The van der Waals surface area contributed by atoms with Crippen molar-refractivity contribution in [1.29, 1.82) is 0 Å². The third kappa shape index (κ3) is 2.65. The van der Waals surface area contributed by atoms with Crippen LogP contribution in [0.15, 0.2) is 48.7 Å². The van der Waals surface area contributed by atoms with E-state index in [0.717, 1.165) is 36.8 Å². The molecule has 2 fully saturated rings. The molecular formula is C20H21N5. The Labute approximate surface area is 147 Å². The Balaban J connectivity index is 1.50. The minimum Gasteiger partial charge on any atom is -0.337 e. The molecule has 0 aliphatic carbocycles. The molecule has 1 unspecified atom stereocenters. The summed E-state index contributed by atoms with van der Waals surface area (Å²) in [5.74, 6) is 0.761. The molecule has 1 atom stereocenters. The van der Waals surface area contributed by atoms with Gasteiger partial charge in [-0.15, -0.1) is 5.10 Å². The Morgan fingerprint density at radius 1 is 0.960 bits per heavy atom. The van der Waals surface area contributed by atoms with Crippen molar-refractivity contribution in [1.82, 2.24) is 20.1 Å². The first-order valence-electron chi connectivity index (χ1n) is 9.05. The van der Waals surface area contributed by atoms with Gasteiger partial charge in [-0.1, -0.05) is 42.5 Å². The molecule has 0 spiro atoms. The maximum Gasteiger partial charge on any atom is 0.246 e. The van der Waals surface area contributed by atoms with Crippen molar-refractivity contribution in [3.63, 3.8) is 0 Å². The monoisotopic (exact) mass is 331 g/mol. The van der Waals surface area contributed by atoms with E-state index >= 15 is 0 Å². The molecule has 25 heavy (non-hydrogen) atoms. The third-order valence-electron chi connectivity index (χ3n) is 5.48. The van der Waals surface area contributed by atoms with Crippen LogP contribution in [0.25, 0.3) is 22.0 Å². The fourth-order valence-electron chi connectivity index (χ4n) is 4.18. The van der Waals surface area contributed by atoms with Crippen LogP contribution in [0.1, 0.15) is 12.8 Å². The molecule has 126 valence electrons. The summed E-state index contributed by atoms with van der Waals surface area (Å²) in [5, 5.41) is 11.0. The lowest BCUT2D eigenvalue weighted by atomic mass is 10.0. The van der Waals surface area contributed by atoms with Crippen LogP contribution in [0.2, 0.25) is 0 Å². The number of benzene rings is 2. The normalized spacial score (nSPS) is 20.8. The van der Waals surface area contributed by atoms with Crippen LogP contribution in [0.4, 0.5) is 5.95 Å². The zero-order chi connectivity index (χ0) is 16.6. The summed E-state index contributed by atoms with van der Waals surface area (Å²) in [4.78, 5) is 9.76. The Morgan fingerprint density at radius 3 is 2.88 bits per heavy atom. The van der Waals surface area contributed by atoms with Crippen LogP contribution in [-0.2, 0) is 0 Å². The lowest BCUT2D eigenvalue weighted by Crippen LogP contribution is -2.50. The van der Waals surface area contributed by atoms with E-state index in [1.807, 2.05) is 0 Å². The Morgan fingerprint density at radius 2 is 1.88 bits per heavy atom. The fraction of sp³-hybridized carbons (Fsp3) is 0.350. The van der Waals surface area contributed by atoms with Crippen molar-refractivity contribution < 1.29 is 0 Å². The minimum absolute atomic E-state index is 0.651. The van der Waals surface area contributed by atoms with E-state index in [-0.39, 0.29) is 0 Å². The molecule has 3 heterocycles. The molecular weight excluding hydrogens is 310 g/mol. The Hall–Kier alpha value is -2.53. The highest BCUT2D eigenvalue weighted by molar-refractivity contribution is 5.95. The van der Waals surface area contributed by atoms with Gasteiger partial charge in [0.2, 0.25) is 5.95 Å². The van der Waals surface area contributed by atoms with E-state index in [0.29, 0.717) is 6.04 Å². The second-order valence-corrected chi connectivity index (χ2v) is 6.95. The molecule has 0 amide bonds. The number of rotatable bonds is 2. The van der Waals surface area contributed by atoms with Crippen LogP contribution >= 0.6 is 0 Å². The summed E-state index contributed by atoms with van der Waals surface area (Å²) in [6.07, 6.45) is 4.37. The average Bonchev–Trinajstić information content (AvgIpc) is 3.15. The van der Waals surface area contributed by atoms with Gasteiger partial charge in [-0.05, 0) is 30.2 Å². The summed E-state index contributed by atoms with van der Waals surface area (Å²) < 4.78 is 0. The van der Waals surface area contributed by atoms with Gasteiger partial charge in [0, 0.05) is 31.2 Å². The van der Waals surface area contributed by atoms with Gasteiger partial charge >= 0.3 is 0 Å². The zero-order valence-corrected chi connectivity index (χ0v) is 14.2. The van der Waals surface area contributed by atoms with Gasteiger partial charge < -0.3 is 4.90 Å². The van der Waals surface area contributed by atoms with Crippen LogP contribution < -0.4 is 4.90 Å². The standard InChI is InChI=1S/C20H21N5/c1-2-8-17-15(5-1)6-3-9-18(17)19-13-21-23-20(22-19)25-12-11-24-10-4-7-16(24)14-25/h1-3,5-6,8-9,13,16H,4,7,10-12,14H2. The number of nitrogens with zero attached hydrogens (tertiary/aromatic N) is 5. The summed E-state index contributed by atoms with van der Waals surface area (Å²) >= 11 is 0. The summed E-state index contributed by atoms with van der Waals surface area (Å²) in [7, 11) is 0. The largest absolute Gasteiger partial charge is 0.337 e. The van der Waals surface area contributed by atoms with Gasteiger partial charge in [0.25, 0.3) is 0 Å². The number of piperazine rings is 1. The highest BCUT2D eigenvalue weighted by Gasteiger charge is 2.31. The van der Waals surface area contributed by atoms with E-state index in [2.05, 4.69) is 62.5 Å². The first kappa shape index (κ1) is 14.8. The SMILES string of the molecule is c1ccc2c(-c3cnnc(N4CCN5CCCC5C4)n3)cccc2c1. The maximum atomic E-state index is 4.86. The molecule has 2 aromatic carbocycles. The van der Waals surface area contributed by atoms with Crippen molar-refractivity contribution >= 4 is 16.7 Å². The van der Waals surface area contributed by atoms with Crippen molar-refractivity contribution in [3.05, 3.63) is 48.7 Å². The zero-order valence-electron chi connectivity index (χ0n) is 14.2. The van der Waals surface area contributed by atoms with Crippen molar-refractivity contribution in [2.24, 2.45) is 0 Å². The topological polar surface area (TPSA) is 45.2 Å². The Bertz CT molecular complexity index is 904. The molecule has 0 radical (unpaired) electrons. The summed E-state index contributed by atoms with van der Waals surface area (Å²) in [6.45, 7) is 4.35. The second kappa shape index (κ2) is 6.08. The van der Waals surface area contributed by atoms with E-state index in [1.165, 1.54) is 30.2 Å². The van der Waals surface area contributed by atoms with Crippen LogP contribution in [0.3, 0.4) is 0 Å². The van der Waals surface area contributed by atoms with Gasteiger partial charge in [-0.2, -0.15) is 5.10 Å². The number of hydrogen-bond acceptors (Lipinski definition) is 5. The number of hydrogen-bond donors (Lipinski definition) is 0. The van der Waals surface area contributed by atoms with Crippen molar-refractivity contribution in [3.8, 4) is 11.3 Å². The van der Waals surface area contributed by atoms with Crippen LogP contribution in [0, 0.1) is 0 Å². The molecule has 0 N–H and O–H groups in total. The third-order valence-corrected chi connectivity index (χ3v) is 5.48. The first-order chi connectivity index (χ1) is 12.4. The van der Waals surface area contributed by atoms with E-state index < -0.39 is 0 Å². The molecule has 2 saturated heterocycles. The van der Waals surface area contributed by atoms with E-state index in [4.69, 9.17) is 4.98 Å². The van der Waals surface area contributed by atoms with Gasteiger partial charge in [0.15, 0.2) is 0 Å².